The van der Waals surface area contributed by atoms with Crippen molar-refractivity contribution in [3.63, 3.8) is 0 Å². The van der Waals surface area contributed by atoms with Gasteiger partial charge in [-0.1, -0.05) is 13.8 Å². The molecule has 1 saturated carbocycles. The number of esters is 1. The molecule has 82 valence electrons. The highest BCUT2D eigenvalue weighted by molar-refractivity contribution is 5.74. The lowest BCUT2D eigenvalue weighted by molar-refractivity contribution is -0.145. The Bertz CT molecular complexity index is 207. The molecule has 1 aliphatic carbocycles. The minimum absolute atomic E-state index is 0.295. The van der Waals surface area contributed by atoms with E-state index < -0.39 is 6.04 Å². The van der Waals surface area contributed by atoms with Crippen molar-refractivity contribution in [1.29, 1.82) is 0 Å². The molecule has 0 saturated heterocycles. The molecule has 0 aromatic carbocycles. The Morgan fingerprint density at radius 2 is 2.14 bits per heavy atom. The molecule has 0 aliphatic heterocycles. The number of hydrogen-bond donors (Lipinski definition) is 1. The van der Waals surface area contributed by atoms with Gasteiger partial charge in [-0.05, 0) is 37.5 Å². The van der Waals surface area contributed by atoms with E-state index in [1.165, 1.54) is 12.8 Å². The average molecular weight is 199 g/mol. The minimum Gasteiger partial charge on any atom is -0.465 e. The van der Waals surface area contributed by atoms with Crippen molar-refractivity contribution in [3.8, 4) is 0 Å². The van der Waals surface area contributed by atoms with Gasteiger partial charge in [0.15, 0.2) is 0 Å². The van der Waals surface area contributed by atoms with E-state index in [0.717, 1.165) is 12.3 Å². The fourth-order valence-electron chi connectivity index (χ4n) is 1.62. The highest BCUT2D eigenvalue weighted by Crippen LogP contribution is 2.47. The van der Waals surface area contributed by atoms with Crippen LogP contribution >= 0.6 is 0 Å². The third-order valence-electron chi connectivity index (χ3n) is 3.05. The standard InChI is InChI=1S/C11H21NO2/c1-8(12)10(13)14-7-6-11(2,3)9-4-5-9/h8-9H,4-7,12H2,1-3H3. The molecule has 0 bridgehead atoms. The molecule has 1 unspecified atom stereocenters. The summed E-state index contributed by atoms with van der Waals surface area (Å²) in [6.07, 6.45) is 3.60. The van der Waals surface area contributed by atoms with Gasteiger partial charge < -0.3 is 10.5 Å². The summed E-state index contributed by atoms with van der Waals surface area (Å²) in [4.78, 5) is 11.1. The summed E-state index contributed by atoms with van der Waals surface area (Å²) in [5.74, 6) is 0.535. The molecule has 3 heteroatoms. The van der Waals surface area contributed by atoms with Crippen molar-refractivity contribution in [2.45, 2.75) is 46.1 Å². The lowest BCUT2D eigenvalue weighted by atomic mass is 9.84. The van der Waals surface area contributed by atoms with E-state index >= 15 is 0 Å². The van der Waals surface area contributed by atoms with Gasteiger partial charge in [-0.25, -0.2) is 0 Å². The fourth-order valence-corrected chi connectivity index (χ4v) is 1.62. The first-order chi connectivity index (χ1) is 6.43. The molecule has 0 heterocycles. The van der Waals surface area contributed by atoms with Gasteiger partial charge in [-0.3, -0.25) is 4.79 Å². The van der Waals surface area contributed by atoms with Crippen molar-refractivity contribution in [1.82, 2.24) is 0 Å². The summed E-state index contributed by atoms with van der Waals surface area (Å²) in [6.45, 7) is 6.63. The fraction of sp³-hybridized carbons (Fsp3) is 0.909. The summed E-state index contributed by atoms with van der Waals surface area (Å²) in [7, 11) is 0. The Morgan fingerprint density at radius 3 is 2.57 bits per heavy atom. The molecule has 0 amide bonds. The van der Waals surface area contributed by atoms with E-state index in [-0.39, 0.29) is 5.97 Å². The average Bonchev–Trinajstić information content (AvgIpc) is 2.85. The van der Waals surface area contributed by atoms with Gasteiger partial charge in [-0.2, -0.15) is 0 Å². The van der Waals surface area contributed by atoms with Crippen LogP contribution in [-0.4, -0.2) is 18.6 Å². The number of ether oxygens (including phenoxy) is 1. The number of rotatable bonds is 5. The minimum atomic E-state index is -0.501. The first-order valence-corrected chi connectivity index (χ1v) is 5.36. The Labute approximate surface area is 86.0 Å². The zero-order valence-corrected chi connectivity index (χ0v) is 9.38. The number of carbonyl (C=O) groups excluding carboxylic acids is 1. The van der Waals surface area contributed by atoms with E-state index in [9.17, 15) is 4.79 Å². The molecule has 0 radical (unpaired) electrons. The van der Waals surface area contributed by atoms with Crippen LogP contribution in [-0.2, 0) is 9.53 Å². The highest BCUT2D eigenvalue weighted by Gasteiger charge is 2.37. The van der Waals surface area contributed by atoms with Crippen LogP contribution in [0.5, 0.6) is 0 Å². The van der Waals surface area contributed by atoms with Crippen LogP contribution in [0.25, 0.3) is 0 Å². The molecular weight excluding hydrogens is 178 g/mol. The van der Waals surface area contributed by atoms with Crippen LogP contribution in [0.4, 0.5) is 0 Å². The lowest BCUT2D eigenvalue weighted by Gasteiger charge is -2.24. The third kappa shape index (κ3) is 3.29. The molecule has 2 N–H and O–H groups in total. The molecule has 1 atom stereocenters. The van der Waals surface area contributed by atoms with Gasteiger partial charge >= 0.3 is 5.97 Å². The van der Waals surface area contributed by atoms with E-state index in [1.54, 1.807) is 6.92 Å². The van der Waals surface area contributed by atoms with E-state index in [1.807, 2.05) is 0 Å². The van der Waals surface area contributed by atoms with Crippen LogP contribution in [0.3, 0.4) is 0 Å². The second-order valence-corrected chi connectivity index (χ2v) is 4.97. The predicted octanol–water partition coefficient (Wildman–Crippen LogP) is 1.70. The maximum atomic E-state index is 11.1. The van der Waals surface area contributed by atoms with Gasteiger partial charge in [0.1, 0.15) is 6.04 Å². The molecule has 1 aliphatic rings. The van der Waals surface area contributed by atoms with Crippen molar-refractivity contribution in [2.75, 3.05) is 6.61 Å². The van der Waals surface area contributed by atoms with Crippen LogP contribution in [0, 0.1) is 11.3 Å². The second-order valence-electron chi connectivity index (χ2n) is 4.97. The quantitative estimate of drug-likeness (QED) is 0.686. The molecule has 3 nitrogen and oxygen atoms in total. The molecule has 0 aromatic heterocycles. The Morgan fingerprint density at radius 1 is 1.57 bits per heavy atom. The maximum Gasteiger partial charge on any atom is 0.322 e. The number of carbonyl (C=O) groups is 1. The lowest BCUT2D eigenvalue weighted by Crippen LogP contribution is -2.30. The number of hydrogen-bond acceptors (Lipinski definition) is 3. The Hall–Kier alpha value is -0.570. The summed E-state index contributed by atoms with van der Waals surface area (Å²) >= 11 is 0. The maximum absolute atomic E-state index is 11.1. The van der Waals surface area contributed by atoms with Crippen LogP contribution < -0.4 is 5.73 Å². The first-order valence-electron chi connectivity index (χ1n) is 5.36. The van der Waals surface area contributed by atoms with E-state index in [2.05, 4.69) is 13.8 Å². The van der Waals surface area contributed by atoms with Gasteiger partial charge in [0, 0.05) is 0 Å². The van der Waals surface area contributed by atoms with Crippen LogP contribution in [0.15, 0.2) is 0 Å². The summed E-state index contributed by atoms with van der Waals surface area (Å²) in [6, 6.07) is -0.501. The summed E-state index contributed by atoms with van der Waals surface area (Å²) in [5, 5.41) is 0. The van der Waals surface area contributed by atoms with Crippen LogP contribution in [0.2, 0.25) is 0 Å². The Kier molecular flexibility index (Phi) is 3.53. The first kappa shape index (κ1) is 11.5. The molecule has 0 spiro atoms. The smallest absolute Gasteiger partial charge is 0.322 e. The highest BCUT2D eigenvalue weighted by atomic mass is 16.5. The van der Waals surface area contributed by atoms with E-state index in [4.69, 9.17) is 10.5 Å². The SMILES string of the molecule is CC(N)C(=O)OCCC(C)(C)C1CC1. The van der Waals surface area contributed by atoms with Gasteiger partial charge in [0.2, 0.25) is 0 Å². The zero-order valence-electron chi connectivity index (χ0n) is 9.38. The van der Waals surface area contributed by atoms with Gasteiger partial charge in [-0.15, -0.1) is 0 Å². The van der Waals surface area contributed by atoms with Crippen molar-refractivity contribution in [3.05, 3.63) is 0 Å². The molecule has 0 aromatic rings. The van der Waals surface area contributed by atoms with Gasteiger partial charge in [0.05, 0.1) is 6.61 Å². The molecule has 1 rings (SSSR count). The Balaban J connectivity index is 2.17. The summed E-state index contributed by atoms with van der Waals surface area (Å²) in [5.41, 5.74) is 5.70. The van der Waals surface area contributed by atoms with Gasteiger partial charge in [0.25, 0.3) is 0 Å². The van der Waals surface area contributed by atoms with Crippen molar-refractivity contribution >= 4 is 5.97 Å². The molecular formula is C11H21NO2. The zero-order chi connectivity index (χ0) is 10.8. The predicted molar refractivity (Wildman–Crippen MR) is 55.7 cm³/mol. The second kappa shape index (κ2) is 4.30. The van der Waals surface area contributed by atoms with Crippen LogP contribution in [0.1, 0.15) is 40.0 Å². The van der Waals surface area contributed by atoms with Crippen molar-refractivity contribution < 1.29 is 9.53 Å². The monoisotopic (exact) mass is 199 g/mol. The van der Waals surface area contributed by atoms with E-state index in [0.29, 0.717) is 12.0 Å². The normalized spacial score (nSPS) is 19.1. The molecule has 1 fully saturated rings. The summed E-state index contributed by atoms with van der Waals surface area (Å²) < 4.78 is 5.05. The third-order valence-corrected chi connectivity index (χ3v) is 3.05. The largest absolute Gasteiger partial charge is 0.465 e. The topological polar surface area (TPSA) is 52.3 Å². The van der Waals surface area contributed by atoms with Crippen molar-refractivity contribution in [2.24, 2.45) is 17.1 Å². The number of nitrogens with two attached hydrogens (primary N) is 1. The molecule has 14 heavy (non-hydrogen) atoms.